The molecule has 1 atom stereocenters. The number of likely N-dealkylation sites (tertiary alicyclic amines) is 1. The van der Waals surface area contributed by atoms with Gasteiger partial charge in [0, 0.05) is 50.9 Å². The number of aryl methyl sites for hydroxylation is 1. The summed E-state index contributed by atoms with van der Waals surface area (Å²) in [6.45, 7) is 9.28. The molecule has 0 N–H and O–H groups in total. The first kappa shape index (κ1) is 18.2. The highest BCUT2D eigenvalue weighted by molar-refractivity contribution is 5.76. The lowest BCUT2D eigenvalue weighted by molar-refractivity contribution is -0.135. The molecule has 2 aromatic rings. The monoisotopic (exact) mass is 371 g/mol. The second-order valence-corrected chi connectivity index (χ2v) is 7.49. The predicted molar refractivity (Wildman–Crippen MR) is 101 cm³/mol. The Bertz CT molecular complexity index is 796. The van der Waals surface area contributed by atoms with Gasteiger partial charge in [0.05, 0.1) is 18.8 Å². The van der Waals surface area contributed by atoms with Crippen molar-refractivity contribution in [2.45, 2.75) is 71.8 Å². The molecule has 1 amide bonds. The molecule has 2 aliphatic rings. The van der Waals surface area contributed by atoms with Gasteiger partial charge in [0.25, 0.3) is 0 Å². The Hall–Kier alpha value is -2.22. The standard InChI is InChI=1S/C19H29N7O/c1-3-18(27)25-8-6-5-7-16(25)19-22-21-17-14-23(9-10-26(17)19)12-15-11-20-24(4-2)13-15/h11,13,16H,3-10,12,14H2,1-2H3. The molecule has 0 aliphatic carbocycles. The van der Waals surface area contributed by atoms with E-state index in [1.54, 1.807) is 0 Å². The van der Waals surface area contributed by atoms with E-state index in [4.69, 9.17) is 0 Å². The summed E-state index contributed by atoms with van der Waals surface area (Å²) in [6.07, 6.45) is 7.84. The first-order chi connectivity index (χ1) is 13.2. The van der Waals surface area contributed by atoms with Gasteiger partial charge < -0.3 is 9.47 Å². The van der Waals surface area contributed by atoms with Crippen LogP contribution < -0.4 is 0 Å². The van der Waals surface area contributed by atoms with Crippen LogP contribution in [0.15, 0.2) is 12.4 Å². The number of carbonyl (C=O) groups is 1. The maximum atomic E-state index is 12.4. The van der Waals surface area contributed by atoms with Crippen LogP contribution in [0.1, 0.15) is 62.8 Å². The summed E-state index contributed by atoms with van der Waals surface area (Å²) >= 11 is 0. The summed E-state index contributed by atoms with van der Waals surface area (Å²) in [5.41, 5.74) is 1.23. The molecule has 4 rings (SSSR count). The van der Waals surface area contributed by atoms with Crippen LogP contribution >= 0.6 is 0 Å². The van der Waals surface area contributed by atoms with Gasteiger partial charge in [0.1, 0.15) is 5.82 Å². The van der Waals surface area contributed by atoms with E-state index in [2.05, 4.69) is 37.9 Å². The average molecular weight is 371 g/mol. The molecule has 0 bridgehead atoms. The van der Waals surface area contributed by atoms with E-state index in [0.717, 1.165) is 70.2 Å². The van der Waals surface area contributed by atoms with Crippen molar-refractivity contribution in [1.82, 2.24) is 34.3 Å². The van der Waals surface area contributed by atoms with Crippen molar-refractivity contribution in [3.8, 4) is 0 Å². The molecule has 146 valence electrons. The largest absolute Gasteiger partial charge is 0.332 e. The summed E-state index contributed by atoms with van der Waals surface area (Å²) < 4.78 is 4.21. The molecule has 2 aliphatic heterocycles. The third-order valence-electron chi connectivity index (χ3n) is 5.70. The first-order valence-electron chi connectivity index (χ1n) is 10.1. The zero-order chi connectivity index (χ0) is 18.8. The van der Waals surface area contributed by atoms with Crippen LogP contribution in [0.3, 0.4) is 0 Å². The fourth-order valence-electron chi connectivity index (χ4n) is 4.23. The third-order valence-corrected chi connectivity index (χ3v) is 5.70. The summed E-state index contributed by atoms with van der Waals surface area (Å²) in [4.78, 5) is 16.8. The molecule has 2 aromatic heterocycles. The topological polar surface area (TPSA) is 72.1 Å². The Morgan fingerprint density at radius 3 is 2.85 bits per heavy atom. The van der Waals surface area contributed by atoms with Crippen molar-refractivity contribution >= 4 is 5.91 Å². The predicted octanol–water partition coefficient (Wildman–Crippen LogP) is 1.97. The molecular formula is C19H29N7O. The lowest BCUT2D eigenvalue weighted by Gasteiger charge is -2.36. The van der Waals surface area contributed by atoms with Gasteiger partial charge in [-0.2, -0.15) is 5.10 Å². The molecule has 4 heterocycles. The number of aromatic nitrogens is 5. The highest BCUT2D eigenvalue weighted by atomic mass is 16.2. The molecule has 1 saturated heterocycles. The summed E-state index contributed by atoms with van der Waals surface area (Å²) in [5, 5.41) is 13.4. The minimum atomic E-state index is 0.0850. The maximum absolute atomic E-state index is 12.4. The van der Waals surface area contributed by atoms with Gasteiger partial charge in [0.2, 0.25) is 5.91 Å². The highest BCUT2D eigenvalue weighted by Gasteiger charge is 2.33. The molecule has 1 fully saturated rings. The lowest BCUT2D eigenvalue weighted by atomic mass is 10.0. The number of amides is 1. The molecule has 8 nitrogen and oxygen atoms in total. The second kappa shape index (κ2) is 7.80. The van der Waals surface area contributed by atoms with E-state index < -0.39 is 0 Å². The van der Waals surface area contributed by atoms with E-state index in [1.807, 2.05) is 22.7 Å². The quantitative estimate of drug-likeness (QED) is 0.804. The van der Waals surface area contributed by atoms with Crippen LogP contribution in [0.5, 0.6) is 0 Å². The van der Waals surface area contributed by atoms with Gasteiger partial charge in [-0.15, -0.1) is 10.2 Å². The van der Waals surface area contributed by atoms with Crippen LogP contribution in [0, 0.1) is 0 Å². The van der Waals surface area contributed by atoms with E-state index in [1.165, 1.54) is 5.56 Å². The Morgan fingerprint density at radius 2 is 2.07 bits per heavy atom. The van der Waals surface area contributed by atoms with Crippen LogP contribution in [-0.2, 0) is 31.0 Å². The Morgan fingerprint density at radius 1 is 1.19 bits per heavy atom. The molecule has 0 radical (unpaired) electrons. The Kier molecular flexibility index (Phi) is 5.24. The Labute approximate surface area is 160 Å². The van der Waals surface area contributed by atoms with Crippen LogP contribution in [-0.4, -0.2) is 53.3 Å². The summed E-state index contributed by atoms with van der Waals surface area (Å²) in [6, 6.07) is 0.0850. The number of hydrogen-bond acceptors (Lipinski definition) is 5. The molecular weight excluding hydrogens is 342 g/mol. The van der Waals surface area contributed by atoms with Crippen molar-refractivity contribution in [3.05, 3.63) is 29.6 Å². The summed E-state index contributed by atoms with van der Waals surface area (Å²) in [5.74, 6) is 2.21. The average Bonchev–Trinajstić information content (AvgIpc) is 3.33. The number of rotatable bonds is 5. The second-order valence-electron chi connectivity index (χ2n) is 7.49. The maximum Gasteiger partial charge on any atom is 0.222 e. The van der Waals surface area contributed by atoms with Gasteiger partial charge in [-0.3, -0.25) is 14.4 Å². The van der Waals surface area contributed by atoms with Crippen molar-refractivity contribution < 1.29 is 4.79 Å². The molecule has 8 heteroatoms. The van der Waals surface area contributed by atoms with Gasteiger partial charge in [-0.1, -0.05) is 6.92 Å². The van der Waals surface area contributed by atoms with E-state index in [-0.39, 0.29) is 11.9 Å². The molecule has 0 saturated carbocycles. The molecule has 0 spiro atoms. The summed E-state index contributed by atoms with van der Waals surface area (Å²) in [7, 11) is 0. The highest BCUT2D eigenvalue weighted by Crippen LogP contribution is 2.31. The normalized spacial score (nSPS) is 20.7. The zero-order valence-electron chi connectivity index (χ0n) is 16.3. The van der Waals surface area contributed by atoms with Crippen LogP contribution in [0.2, 0.25) is 0 Å². The smallest absolute Gasteiger partial charge is 0.222 e. The number of hydrogen-bond donors (Lipinski definition) is 0. The van der Waals surface area contributed by atoms with Gasteiger partial charge in [-0.25, -0.2) is 0 Å². The Balaban J connectivity index is 1.48. The van der Waals surface area contributed by atoms with Crippen LogP contribution in [0.25, 0.3) is 0 Å². The van der Waals surface area contributed by atoms with E-state index in [0.29, 0.717) is 6.42 Å². The molecule has 27 heavy (non-hydrogen) atoms. The number of piperidine rings is 1. The van der Waals surface area contributed by atoms with Crippen LogP contribution in [0.4, 0.5) is 0 Å². The van der Waals surface area contributed by atoms with Gasteiger partial charge in [0.15, 0.2) is 5.82 Å². The van der Waals surface area contributed by atoms with Crippen molar-refractivity contribution in [2.24, 2.45) is 0 Å². The van der Waals surface area contributed by atoms with Crippen molar-refractivity contribution in [2.75, 3.05) is 13.1 Å². The fraction of sp³-hybridized carbons (Fsp3) is 0.684. The van der Waals surface area contributed by atoms with Crippen molar-refractivity contribution in [1.29, 1.82) is 0 Å². The number of nitrogens with zero attached hydrogens (tertiary/aromatic N) is 7. The van der Waals surface area contributed by atoms with Gasteiger partial charge >= 0.3 is 0 Å². The number of fused-ring (bicyclic) bond motifs is 1. The molecule has 1 unspecified atom stereocenters. The lowest BCUT2D eigenvalue weighted by Crippen LogP contribution is -2.40. The SMILES string of the molecule is CCC(=O)N1CCCCC1c1nnc2n1CCN(Cc1cnn(CC)c1)C2. The minimum Gasteiger partial charge on any atom is -0.332 e. The van der Waals surface area contributed by atoms with Gasteiger partial charge in [-0.05, 0) is 26.2 Å². The first-order valence-corrected chi connectivity index (χ1v) is 10.1. The van der Waals surface area contributed by atoms with Crippen molar-refractivity contribution in [3.63, 3.8) is 0 Å². The third kappa shape index (κ3) is 3.63. The van der Waals surface area contributed by atoms with E-state index in [9.17, 15) is 4.79 Å². The van der Waals surface area contributed by atoms with E-state index >= 15 is 0 Å². The zero-order valence-corrected chi connectivity index (χ0v) is 16.3. The minimum absolute atomic E-state index is 0.0850. The number of carbonyl (C=O) groups excluding carboxylic acids is 1. The fourth-order valence-corrected chi connectivity index (χ4v) is 4.23. The molecule has 0 aromatic carbocycles.